The summed E-state index contributed by atoms with van der Waals surface area (Å²) < 4.78 is 57.0. The Hall–Kier alpha value is -3.79. The van der Waals surface area contributed by atoms with Crippen LogP contribution >= 0.6 is 0 Å². The number of hydrogen-bond donors (Lipinski definition) is 1. The Bertz CT molecular complexity index is 1510. The minimum atomic E-state index is -3.93. The van der Waals surface area contributed by atoms with E-state index in [-0.39, 0.29) is 22.9 Å². The van der Waals surface area contributed by atoms with E-state index in [2.05, 4.69) is 9.82 Å². The van der Waals surface area contributed by atoms with Gasteiger partial charge in [0.1, 0.15) is 11.6 Å². The van der Waals surface area contributed by atoms with Crippen LogP contribution in [0.25, 0.3) is 5.52 Å². The van der Waals surface area contributed by atoms with Crippen molar-refractivity contribution in [2.45, 2.75) is 24.6 Å². The molecule has 1 N–H and O–H groups in total. The molecule has 1 aliphatic rings. The molecule has 1 saturated heterocycles. The highest BCUT2D eigenvalue weighted by Crippen LogP contribution is 2.38. The van der Waals surface area contributed by atoms with E-state index in [4.69, 9.17) is 0 Å². The van der Waals surface area contributed by atoms with Crippen molar-refractivity contribution in [3.63, 3.8) is 0 Å². The largest absolute Gasteiger partial charge is 0.364 e. The number of rotatable bonds is 6. The molecule has 2 aromatic heterocycles. The molecule has 1 fully saturated rings. The van der Waals surface area contributed by atoms with Gasteiger partial charge in [0.25, 0.3) is 5.91 Å². The lowest BCUT2D eigenvalue weighted by atomic mass is 10.0. The maximum absolute atomic E-state index is 14.5. The molecule has 7 nitrogen and oxygen atoms in total. The Morgan fingerprint density at radius 3 is 2.69 bits per heavy atom. The van der Waals surface area contributed by atoms with Crippen LogP contribution < -0.4 is 9.62 Å². The van der Waals surface area contributed by atoms with Gasteiger partial charge in [0.05, 0.1) is 29.1 Å². The van der Waals surface area contributed by atoms with Crippen LogP contribution in [-0.2, 0) is 15.8 Å². The van der Waals surface area contributed by atoms with Crippen LogP contribution in [0, 0.1) is 11.6 Å². The third kappa shape index (κ3) is 4.74. The lowest BCUT2D eigenvalue weighted by Gasteiger charge is -2.27. The molecule has 0 saturated carbocycles. The summed E-state index contributed by atoms with van der Waals surface area (Å²) in [5.74, 6) is -2.10. The summed E-state index contributed by atoms with van der Waals surface area (Å²) in [7, 11) is -3.93. The van der Waals surface area contributed by atoms with E-state index in [9.17, 15) is 22.0 Å². The van der Waals surface area contributed by atoms with Crippen LogP contribution in [0.2, 0.25) is 0 Å². The lowest BCUT2D eigenvalue weighted by Crippen LogP contribution is -2.31. The predicted octanol–water partition coefficient (Wildman–Crippen LogP) is 4.21. The van der Waals surface area contributed by atoms with Crippen LogP contribution in [0.3, 0.4) is 0 Å². The SMILES string of the molecule is O=C(NS(=O)(=O)Cc1ccccc1)c1cnn2ccc(N3CCC[C@@H]3c3cc(F)ccc3F)cc12. The molecular weight excluding hydrogens is 474 g/mol. The fraction of sp³-hybridized carbons (Fsp3) is 0.200. The molecule has 0 radical (unpaired) electrons. The molecule has 0 aliphatic carbocycles. The van der Waals surface area contributed by atoms with Gasteiger partial charge in [-0.3, -0.25) is 4.79 Å². The number of benzene rings is 2. The minimum Gasteiger partial charge on any atom is -0.364 e. The summed E-state index contributed by atoms with van der Waals surface area (Å²) >= 11 is 0. The van der Waals surface area contributed by atoms with Gasteiger partial charge in [0, 0.05) is 24.0 Å². The van der Waals surface area contributed by atoms with E-state index in [0.717, 1.165) is 18.6 Å². The highest BCUT2D eigenvalue weighted by atomic mass is 32.2. The number of carbonyl (C=O) groups excluding carboxylic acids is 1. The maximum atomic E-state index is 14.5. The van der Waals surface area contributed by atoms with Gasteiger partial charge in [0.15, 0.2) is 0 Å². The second kappa shape index (κ2) is 9.10. The van der Waals surface area contributed by atoms with Crippen molar-refractivity contribution >= 4 is 27.1 Å². The van der Waals surface area contributed by atoms with E-state index in [1.54, 1.807) is 48.7 Å². The third-order valence-corrected chi connectivity index (χ3v) is 7.31. The van der Waals surface area contributed by atoms with Gasteiger partial charge in [-0.1, -0.05) is 30.3 Å². The number of nitrogens with zero attached hydrogens (tertiary/aromatic N) is 3. The van der Waals surface area contributed by atoms with E-state index >= 15 is 0 Å². The molecule has 3 heterocycles. The Kier molecular flexibility index (Phi) is 5.98. The summed E-state index contributed by atoms with van der Waals surface area (Å²) in [6.07, 6.45) is 4.39. The summed E-state index contributed by atoms with van der Waals surface area (Å²) in [6, 6.07) is 15.1. The van der Waals surface area contributed by atoms with Crippen molar-refractivity contribution in [1.29, 1.82) is 0 Å². The quantitative estimate of drug-likeness (QED) is 0.432. The molecule has 0 bridgehead atoms. The van der Waals surface area contributed by atoms with E-state index in [1.165, 1.54) is 16.8 Å². The molecule has 0 unspecified atom stereocenters. The average Bonchev–Trinajstić information content (AvgIpc) is 3.47. The van der Waals surface area contributed by atoms with Crippen LogP contribution in [0.5, 0.6) is 0 Å². The standard InChI is InChI=1S/C25H22F2N4O3S/c26-18-8-9-22(27)20(13-18)23-7-4-11-30(23)19-10-12-31-24(14-19)21(15-28-31)25(32)29-35(33,34)16-17-5-2-1-3-6-17/h1-3,5-6,8-10,12-15,23H,4,7,11,16H2,(H,29,32)/t23-/m1/s1. The summed E-state index contributed by atoms with van der Waals surface area (Å²) in [6.45, 7) is 0.623. The smallest absolute Gasteiger partial charge is 0.268 e. The number of aromatic nitrogens is 2. The zero-order chi connectivity index (χ0) is 24.6. The summed E-state index contributed by atoms with van der Waals surface area (Å²) in [5, 5.41) is 4.16. The zero-order valence-corrected chi connectivity index (χ0v) is 19.4. The first-order valence-corrected chi connectivity index (χ1v) is 12.7. The Labute approximate surface area is 201 Å². The molecule has 2 aromatic carbocycles. The molecule has 1 atom stereocenters. The van der Waals surface area contributed by atoms with Crippen molar-refractivity contribution in [3.8, 4) is 0 Å². The summed E-state index contributed by atoms with van der Waals surface area (Å²) in [4.78, 5) is 14.8. The van der Waals surface area contributed by atoms with Gasteiger partial charge in [-0.2, -0.15) is 5.10 Å². The Morgan fingerprint density at radius 1 is 1.09 bits per heavy atom. The van der Waals surface area contributed by atoms with Crippen LogP contribution in [0.15, 0.2) is 73.1 Å². The molecule has 5 rings (SSSR count). The number of hydrogen-bond acceptors (Lipinski definition) is 5. The molecule has 10 heteroatoms. The van der Waals surface area contributed by atoms with Crippen LogP contribution in [-0.4, -0.2) is 30.5 Å². The van der Waals surface area contributed by atoms with E-state index in [0.29, 0.717) is 29.7 Å². The zero-order valence-electron chi connectivity index (χ0n) is 18.6. The molecule has 0 spiro atoms. The minimum absolute atomic E-state index is 0.0937. The van der Waals surface area contributed by atoms with Crippen LogP contribution in [0.1, 0.15) is 40.4 Å². The first-order valence-electron chi connectivity index (χ1n) is 11.1. The van der Waals surface area contributed by atoms with Crippen molar-refractivity contribution in [3.05, 3.63) is 101 Å². The highest BCUT2D eigenvalue weighted by Gasteiger charge is 2.29. The Balaban J connectivity index is 1.43. The second-order valence-electron chi connectivity index (χ2n) is 8.47. The average molecular weight is 497 g/mol. The van der Waals surface area contributed by atoms with Crippen molar-refractivity contribution in [1.82, 2.24) is 14.3 Å². The molecule has 1 aliphatic heterocycles. The van der Waals surface area contributed by atoms with E-state index < -0.39 is 27.6 Å². The first-order chi connectivity index (χ1) is 16.8. The number of anilines is 1. The van der Waals surface area contributed by atoms with Crippen molar-refractivity contribution < 1.29 is 22.0 Å². The predicted molar refractivity (Wildman–Crippen MR) is 127 cm³/mol. The lowest BCUT2D eigenvalue weighted by molar-refractivity contribution is 0.0983. The molecular formula is C25H22F2N4O3S. The van der Waals surface area contributed by atoms with Gasteiger partial charge in [-0.05, 0) is 48.7 Å². The third-order valence-electron chi connectivity index (χ3n) is 6.10. The fourth-order valence-corrected chi connectivity index (χ4v) is 5.61. The Morgan fingerprint density at radius 2 is 1.89 bits per heavy atom. The number of halogens is 2. The van der Waals surface area contributed by atoms with Crippen molar-refractivity contribution in [2.24, 2.45) is 0 Å². The molecule has 35 heavy (non-hydrogen) atoms. The topological polar surface area (TPSA) is 83.8 Å². The van der Waals surface area contributed by atoms with Crippen LogP contribution in [0.4, 0.5) is 14.5 Å². The van der Waals surface area contributed by atoms with Gasteiger partial charge in [-0.25, -0.2) is 26.4 Å². The van der Waals surface area contributed by atoms with Gasteiger partial charge >= 0.3 is 0 Å². The fourth-order valence-electron chi connectivity index (χ4n) is 4.52. The van der Waals surface area contributed by atoms with Crippen molar-refractivity contribution in [2.75, 3.05) is 11.4 Å². The number of pyridine rings is 1. The normalized spacial score (nSPS) is 16.1. The first kappa shape index (κ1) is 23.0. The monoisotopic (exact) mass is 496 g/mol. The number of sulfonamides is 1. The number of amides is 1. The van der Waals surface area contributed by atoms with E-state index in [1.807, 2.05) is 4.90 Å². The number of carbonyl (C=O) groups is 1. The van der Waals surface area contributed by atoms with Gasteiger partial charge in [0.2, 0.25) is 10.0 Å². The maximum Gasteiger partial charge on any atom is 0.268 e. The molecule has 180 valence electrons. The highest BCUT2D eigenvalue weighted by molar-refractivity contribution is 7.89. The van der Waals surface area contributed by atoms with Gasteiger partial charge < -0.3 is 4.90 Å². The second-order valence-corrected chi connectivity index (χ2v) is 10.2. The molecule has 1 amide bonds. The number of fused-ring (bicyclic) bond motifs is 1. The molecule has 4 aromatic rings. The van der Waals surface area contributed by atoms with Gasteiger partial charge in [-0.15, -0.1) is 0 Å². The number of nitrogens with one attached hydrogen (secondary N) is 1. The summed E-state index contributed by atoms with van der Waals surface area (Å²) in [5.41, 5.74) is 2.03.